The molecule has 0 unspecified atom stereocenters. The lowest BCUT2D eigenvalue weighted by atomic mass is 10.00. The summed E-state index contributed by atoms with van der Waals surface area (Å²) >= 11 is 7.61. The summed E-state index contributed by atoms with van der Waals surface area (Å²) in [7, 11) is 0. The van der Waals surface area contributed by atoms with Gasteiger partial charge in [0, 0.05) is 28.0 Å². The normalized spacial score (nSPS) is 13.1. The number of thiophene rings is 1. The van der Waals surface area contributed by atoms with Crippen molar-refractivity contribution in [2.45, 2.75) is 27.7 Å². The van der Waals surface area contributed by atoms with Crippen LogP contribution in [0.15, 0.2) is 29.3 Å². The lowest BCUT2D eigenvalue weighted by Crippen LogP contribution is -2.35. The fourth-order valence-corrected chi connectivity index (χ4v) is 4.03. The Morgan fingerprint density at radius 1 is 1.26 bits per heavy atom. The molecule has 27 heavy (non-hydrogen) atoms. The molecular weight excluding hydrogens is 382 g/mol. The summed E-state index contributed by atoms with van der Waals surface area (Å²) < 4.78 is 0. The van der Waals surface area contributed by atoms with Crippen LogP contribution >= 0.6 is 22.9 Å². The molecule has 0 bridgehead atoms. The van der Waals surface area contributed by atoms with E-state index in [9.17, 15) is 4.79 Å². The number of aliphatic imine (C=N–C) groups is 1. The number of halogens is 1. The third kappa shape index (κ3) is 4.61. The average Bonchev–Trinajstić information content (AvgIpc) is 2.75. The van der Waals surface area contributed by atoms with E-state index < -0.39 is 0 Å². The minimum absolute atomic E-state index is 0.258. The summed E-state index contributed by atoms with van der Waals surface area (Å²) in [5.74, 6) is 0.328. The highest BCUT2D eigenvalue weighted by Crippen LogP contribution is 2.38. The van der Waals surface area contributed by atoms with Crippen LogP contribution in [0.4, 0.5) is 5.00 Å². The Morgan fingerprint density at radius 2 is 1.81 bits per heavy atom. The van der Waals surface area contributed by atoms with E-state index in [1.807, 2.05) is 24.3 Å². The van der Waals surface area contributed by atoms with Gasteiger partial charge in [0.2, 0.25) is 5.91 Å². The quantitative estimate of drug-likeness (QED) is 0.491. The number of fused-ring (bicyclic) bond motifs is 1. The van der Waals surface area contributed by atoms with Gasteiger partial charge >= 0.3 is 0 Å². The Kier molecular flexibility index (Phi) is 6.51. The Labute approximate surface area is 167 Å². The summed E-state index contributed by atoms with van der Waals surface area (Å²) in [4.78, 5) is 16.8. The zero-order valence-electron chi connectivity index (χ0n) is 15.7. The summed E-state index contributed by atoms with van der Waals surface area (Å²) in [6.45, 7) is 7.40. The zero-order valence-corrected chi connectivity index (χ0v) is 17.3. The van der Waals surface area contributed by atoms with Crippen LogP contribution in [0.3, 0.4) is 0 Å². The Bertz CT molecular complexity index is 926. The fraction of sp³-hybridized carbons (Fsp3) is 0.263. The smallest absolute Gasteiger partial charge is 0.214 e. The van der Waals surface area contributed by atoms with Gasteiger partial charge in [-0.1, -0.05) is 23.7 Å². The second kappa shape index (κ2) is 8.45. The molecule has 1 aromatic heterocycles. The van der Waals surface area contributed by atoms with Crippen molar-refractivity contribution < 1.29 is 4.79 Å². The largest absolute Gasteiger partial charge is 0.370 e. The van der Waals surface area contributed by atoms with Crippen molar-refractivity contribution in [2.24, 2.45) is 10.7 Å². The van der Waals surface area contributed by atoms with Crippen molar-refractivity contribution >= 4 is 51.2 Å². The SMILES string of the molecule is CC(=N)N1C(=N)CN=C(c2ccc(Cl)cc2)c2c1sc(C)c2C.CC(N)=O. The number of rotatable bonds is 1. The zero-order chi connectivity index (χ0) is 20.3. The number of amidine groups is 2. The molecule has 1 amide bonds. The highest BCUT2D eigenvalue weighted by Gasteiger charge is 2.28. The Morgan fingerprint density at radius 3 is 2.33 bits per heavy atom. The van der Waals surface area contributed by atoms with Crippen LogP contribution in [0.1, 0.15) is 35.4 Å². The lowest BCUT2D eigenvalue weighted by Gasteiger charge is -2.21. The molecule has 1 aromatic carbocycles. The second-order valence-electron chi connectivity index (χ2n) is 6.11. The molecule has 0 saturated carbocycles. The number of hydrogen-bond acceptors (Lipinski definition) is 5. The fourth-order valence-electron chi connectivity index (χ4n) is 2.67. The Balaban J connectivity index is 0.000000596. The molecule has 0 saturated heterocycles. The van der Waals surface area contributed by atoms with E-state index in [-0.39, 0.29) is 12.5 Å². The minimum Gasteiger partial charge on any atom is -0.370 e. The number of hydrogen-bond donors (Lipinski definition) is 3. The molecule has 0 fully saturated rings. The van der Waals surface area contributed by atoms with Gasteiger partial charge in [-0.15, -0.1) is 11.3 Å². The van der Waals surface area contributed by atoms with Gasteiger partial charge in [-0.3, -0.25) is 25.5 Å². The van der Waals surface area contributed by atoms with E-state index in [2.05, 4.69) is 24.6 Å². The van der Waals surface area contributed by atoms with Crippen LogP contribution in [-0.2, 0) is 4.79 Å². The standard InChI is InChI=1S/C17H17ClN4S.C2H5NO/c1-9-10(2)23-17-15(9)16(12-4-6-13(18)7-5-12)21-8-14(20)22(17)11(3)19;1-2(3)4/h4-7,19-20H,8H2,1-3H3;1H3,(H2,3,4). The topological polar surface area (TPSA) is 106 Å². The van der Waals surface area contributed by atoms with Crippen LogP contribution in [0.25, 0.3) is 0 Å². The first-order valence-corrected chi connectivity index (χ1v) is 9.42. The number of anilines is 1. The number of benzene rings is 1. The van der Waals surface area contributed by atoms with Crippen LogP contribution in [-0.4, -0.2) is 29.8 Å². The molecule has 1 aliphatic rings. The van der Waals surface area contributed by atoms with Crippen molar-refractivity contribution in [1.82, 2.24) is 0 Å². The van der Waals surface area contributed by atoms with E-state index in [0.29, 0.717) is 16.7 Å². The van der Waals surface area contributed by atoms with E-state index >= 15 is 0 Å². The van der Waals surface area contributed by atoms with Gasteiger partial charge in [0.15, 0.2) is 0 Å². The number of nitrogens with two attached hydrogens (primary N) is 1. The molecule has 3 rings (SSSR count). The monoisotopic (exact) mass is 403 g/mol. The van der Waals surface area contributed by atoms with Crippen LogP contribution < -0.4 is 10.6 Å². The van der Waals surface area contributed by atoms with E-state index in [1.54, 1.807) is 23.2 Å². The minimum atomic E-state index is -0.333. The first-order valence-electron chi connectivity index (χ1n) is 8.23. The van der Waals surface area contributed by atoms with Gasteiger partial charge < -0.3 is 5.73 Å². The molecular formula is C19H22ClN5OS. The number of nitrogens with one attached hydrogen (secondary N) is 2. The van der Waals surface area contributed by atoms with Crippen molar-refractivity contribution in [1.29, 1.82) is 10.8 Å². The molecule has 8 heteroatoms. The van der Waals surface area contributed by atoms with Crippen LogP contribution in [0, 0.1) is 24.7 Å². The van der Waals surface area contributed by atoms with Crippen molar-refractivity contribution in [3.8, 4) is 0 Å². The lowest BCUT2D eigenvalue weighted by molar-refractivity contribution is -0.115. The summed E-state index contributed by atoms with van der Waals surface area (Å²) in [6, 6.07) is 7.61. The number of primary amides is 1. The van der Waals surface area contributed by atoms with Gasteiger partial charge in [0.1, 0.15) is 16.7 Å². The van der Waals surface area contributed by atoms with Gasteiger partial charge in [0.05, 0.1) is 12.3 Å². The number of amides is 1. The van der Waals surface area contributed by atoms with Gasteiger partial charge in [-0.05, 0) is 38.5 Å². The molecule has 4 N–H and O–H groups in total. The van der Waals surface area contributed by atoms with Crippen molar-refractivity contribution in [3.63, 3.8) is 0 Å². The summed E-state index contributed by atoms with van der Waals surface area (Å²) in [6.07, 6.45) is 0. The second-order valence-corrected chi connectivity index (χ2v) is 7.75. The third-order valence-electron chi connectivity index (χ3n) is 3.92. The van der Waals surface area contributed by atoms with Crippen LogP contribution in [0.2, 0.25) is 5.02 Å². The Hall–Kier alpha value is -2.51. The van der Waals surface area contributed by atoms with E-state index in [1.165, 1.54) is 11.8 Å². The van der Waals surface area contributed by atoms with Gasteiger partial charge in [-0.25, -0.2) is 0 Å². The first-order chi connectivity index (χ1) is 12.6. The molecule has 1 aliphatic heterocycles. The van der Waals surface area contributed by atoms with Gasteiger partial charge in [0.25, 0.3) is 0 Å². The van der Waals surface area contributed by atoms with Crippen LogP contribution in [0.5, 0.6) is 0 Å². The molecule has 6 nitrogen and oxygen atoms in total. The van der Waals surface area contributed by atoms with Crippen molar-refractivity contribution in [3.05, 3.63) is 50.9 Å². The maximum atomic E-state index is 9.22. The first kappa shape index (κ1) is 20.8. The number of carbonyl (C=O) groups is 1. The van der Waals surface area contributed by atoms with E-state index in [4.69, 9.17) is 22.4 Å². The van der Waals surface area contributed by atoms with Gasteiger partial charge in [-0.2, -0.15) is 0 Å². The maximum absolute atomic E-state index is 9.22. The molecule has 0 atom stereocenters. The maximum Gasteiger partial charge on any atom is 0.214 e. The molecule has 0 radical (unpaired) electrons. The summed E-state index contributed by atoms with van der Waals surface area (Å²) in [5.41, 5.74) is 8.49. The number of nitrogens with zero attached hydrogens (tertiary/aromatic N) is 2. The predicted molar refractivity (Wildman–Crippen MR) is 114 cm³/mol. The predicted octanol–water partition coefficient (Wildman–Crippen LogP) is 4.14. The number of aryl methyl sites for hydroxylation is 1. The molecule has 0 spiro atoms. The average molecular weight is 404 g/mol. The molecule has 0 aliphatic carbocycles. The highest BCUT2D eigenvalue weighted by atomic mass is 35.5. The highest BCUT2D eigenvalue weighted by molar-refractivity contribution is 7.17. The molecule has 2 aromatic rings. The van der Waals surface area contributed by atoms with Crippen molar-refractivity contribution in [2.75, 3.05) is 11.4 Å². The van der Waals surface area contributed by atoms with E-state index in [0.717, 1.165) is 27.4 Å². The summed E-state index contributed by atoms with van der Waals surface area (Å²) in [5, 5.41) is 17.9. The molecule has 2 heterocycles. The number of carbonyl (C=O) groups excluding carboxylic acids is 1. The molecule has 142 valence electrons. The third-order valence-corrected chi connectivity index (χ3v) is 5.36.